The molecule has 0 saturated heterocycles. The summed E-state index contributed by atoms with van der Waals surface area (Å²) in [6.45, 7) is 0. The molecule has 0 radical (unpaired) electrons. The van der Waals surface area contributed by atoms with Crippen molar-refractivity contribution in [3.05, 3.63) is 118 Å². The van der Waals surface area contributed by atoms with E-state index in [1.807, 2.05) is 72.8 Å². The maximum atomic E-state index is 13.1. The number of aromatic nitrogens is 4. The fourth-order valence-electron chi connectivity index (χ4n) is 8.89. The molecule has 8 aromatic rings. The molecule has 0 atom stereocenters. The zero-order valence-electron chi connectivity index (χ0n) is 33.7. The van der Waals surface area contributed by atoms with E-state index >= 15 is 0 Å². The number of thiazole rings is 2. The minimum Gasteiger partial charge on any atom is -0.426 e. The number of rotatable bonds is 8. The summed E-state index contributed by atoms with van der Waals surface area (Å²) in [5, 5.41) is 25.5. The van der Waals surface area contributed by atoms with E-state index in [9.17, 15) is 20.1 Å². The highest BCUT2D eigenvalue weighted by Crippen LogP contribution is 2.36. The second kappa shape index (κ2) is 16.9. The summed E-state index contributed by atoms with van der Waals surface area (Å²) >= 11 is 2.86. The Morgan fingerprint density at radius 2 is 0.935 bits per heavy atom. The molecule has 2 N–H and O–H groups in total. The molecule has 306 valence electrons. The van der Waals surface area contributed by atoms with E-state index in [1.54, 1.807) is 24.3 Å². The first-order valence-corrected chi connectivity index (χ1v) is 22.8. The number of nitrogens with one attached hydrogen (secondary N) is 2. The normalized spacial score (nSPS) is 15.9. The number of esters is 2. The van der Waals surface area contributed by atoms with Gasteiger partial charge in [-0.3, -0.25) is 9.59 Å². The zero-order chi connectivity index (χ0) is 42.2. The number of nitriles is 2. The van der Waals surface area contributed by atoms with E-state index in [2.05, 4.69) is 22.1 Å². The summed E-state index contributed by atoms with van der Waals surface area (Å²) in [6, 6.07) is 35.2. The number of hydrogen-bond donors (Lipinski definition) is 2. The highest BCUT2D eigenvalue weighted by atomic mass is 32.1. The van der Waals surface area contributed by atoms with Gasteiger partial charge >= 0.3 is 11.9 Å². The lowest BCUT2D eigenvalue weighted by Crippen LogP contribution is -2.22. The van der Waals surface area contributed by atoms with Gasteiger partial charge in [0.15, 0.2) is 0 Å². The standard InChI is InChI=1S/C50H40N6O4S2/c51-27-35(47-53-37-15-7-9-17-39(37)61-47)45-41-42(44(56-45)30-21-25-34(26-22-30)60-50(58)32-13-5-2-6-14-32)46(36(28-52)48-54-38-16-8-10-18-40(38)62-48)55-43(41)29-19-23-33(24-20-29)59-49(57)31-11-3-1-4-12-31/h7-10,15-26,31-32,55-56H,1-6,11-14H2/b45-35-,46-36-. The summed E-state index contributed by atoms with van der Waals surface area (Å²) in [7, 11) is 0. The smallest absolute Gasteiger partial charge is 0.314 e. The summed E-state index contributed by atoms with van der Waals surface area (Å²) in [5.74, 6) is 0.286. The SMILES string of the molecule is N#C/C(c1nc2ccccc2s1)=c1/[nH]c(-c2ccc(OC(=O)C3CCCCC3)cc2)c2/c(=C(\C#N)c3nc4ccccc4s3)[nH]c(-c3ccc(OC(=O)C4CCCCC4)cc3)c12. The van der Waals surface area contributed by atoms with Crippen LogP contribution in [-0.2, 0) is 9.59 Å². The molecule has 4 heterocycles. The minimum absolute atomic E-state index is 0.0993. The Bertz CT molecular complexity index is 2940. The van der Waals surface area contributed by atoms with Crippen LogP contribution < -0.4 is 20.2 Å². The number of nitrogens with zero attached hydrogens (tertiary/aromatic N) is 4. The Hall–Kier alpha value is -6.86. The molecular formula is C50H40N6O4S2. The fourth-order valence-corrected chi connectivity index (χ4v) is 10.8. The van der Waals surface area contributed by atoms with Crippen LogP contribution in [0.4, 0.5) is 0 Å². The number of fused-ring (bicyclic) bond motifs is 3. The highest BCUT2D eigenvalue weighted by molar-refractivity contribution is 7.20. The van der Waals surface area contributed by atoms with Gasteiger partial charge in [0.1, 0.15) is 44.8 Å². The number of benzene rings is 4. The number of para-hydroxylation sites is 2. The van der Waals surface area contributed by atoms with Crippen LogP contribution in [0.3, 0.4) is 0 Å². The first-order chi connectivity index (χ1) is 30.4. The number of carbonyl (C=O) groups excluding carboxylic acids is 2. The largest absolute Gasteiger partial charge is 0.426 e. The molecule has 0 unspecified atom stereocenters. The molecule has 4 aromatic carbocycles. The third-order valence-electron chi connectivity index (χ3n) is 12.1. The Labute approximate surface area is 364 Å². The molecular weight excluding hydrogens is 813 g/mol. The molecule has 10 nitrogen and oxygen atoms in total. The number of hydrogen-bond acceptors (Lipinski definition) is 10. The van der Waals surface area contributed by atoms with Crippen LogP contribution in [0.1, 0.15) is 74.2 Å². The van der Waals surface area contributed by atoms with Gasteiger partial charge in [0, 0.05) is 10.8 Å². The van der Waals surface area contributed by atoms with Gasteiger partial charge in [-0.15, -0.1) is 22.7 Å². The van der Waals surface area contributed by atoms with E-state index in [-0.39, 0.29) is 23.8 Å². The fraction of sp³-hybridized carbons (Fsp3) is 0.240. The Morgan fingerprint density at radius 1 is 0.548 bits per heavy atom. The van der Waals surface area contributed by atoms with Gasteiger partial charge in [-0.1, -0.05) is 62.8 Å². The Morgan fingerprint density at radius 3 is 1.31 bits per heavy atom. The second-order valence-corrected chi connectivity index (χ2v) is 18.1. The molecule has 2 aliphatic rings. The van der Waals surface area contributed by atoms with Crippen molar-refractivity contribution in [2.24, 2.45) is 11.8 Å². The predicted molar refractivity (Wildman–Crippen MR) is 243 cm³/mol. The molecule has 4 aromatic heterocycles. The molecule has 0 spiro atoms. The van der Waals surface area contributed by atoms with Gasteiger partial charge in [0.25, 0.3) is 0 Å². The van der Waals surface area contributed by atoms with Gasteiger partial charge in [-0.2, -0.15) is 10.5 Å². The number of H-pyrrole nitrogens is 2. The second-order valence-electron chi connectivity index (χ2n) is 16.0. The van der Waals surface area contributed by atoms with Crippen LogP contribution in [0.15, 0.2) is 97.1 Å². The van der Waals surface area contributed by atoms with E-state index in [4.69, 9.17) is 19.4 Å². The van der Waals surface area contributed by atoms with Crippen molar-refractivity contribution in [2.45, 2.75) is 64.2 Å². The molecule has 0 aliphatic heterocycles. The maximum absolute atomic E-state index is 13.1. The van der Waals surface area contributed by atoms with Gasteiger partial charge in [0.2, 0.25) is 0 Å². The van der Waals surface area contributed by atoms with Crippen molar-refractivity contribution in [1.82, 2.24) is 19.9 Å². The highest BCUT2D eigenvalue weighted by Gasteiger charge is 2.27. The molecule has 62 heavy (non-hydrogen) atoms. The summed E-state index contributed by atoms with van der Waals surface area (Å²) in [6.07, 6.45) is 9.75. The van der Waals surface area contributed by atoms with Gasteiger partial charge in [0.05, 0.1) is 54.4 Å². The van der Waals surface area contributed by atoms with Crippen molar-refractivity contribution in [3.8, 4) is 46.2 Å². The van der Waals surface area contributed by atoms with Crippen molar-refractivity contribution in [2.75, 3.05) is 0 Å². The van der Waals surface area contributed by atoms with Crippen LogP contribution in [0.2, 0.25) is 0 Å². The van der Waals surface area contributed by atoms with E-state index in [1.165, 1.54) is 22.7 Å². The van der Waals surface area contributed by atoms with Crippen LogP contribution in [0.5, 0.6) is 11.5 Å². The lowest BCUT2D eigenvalue weighted by molar-refractivity contribution is -0.140. The molecule has 2 fully saturated rings. The van der Waals surface area contributed by atoms with Crippen molar-refractivity contribution >= 4 is 77.0 Å². The molecule has 2 aliphatic carbocycles. The van der Waals surface area contributed by atoms with Gasteiger partial charge in [-0.25, -0.2) is 9.97 Å². The van der Waals surface area contributed by atoms with E-state index in [0.29, 0.717) is 65.5 Å². The first kappa shape index (κ1) is 39.3. The number of ether oxygens (including phenoxy) is 2. The van der Waals surface area contributed by atoms with Crippen LogP contribution in [0.25, 0.3) is 64.9 Å². The topological polar surface area (TPSA) is 158 Å². The Kier molecular flexibility index (Phi) is 10.7. The van der Waals surface area contributed by atoms with Crippen LogP contribution >= 0.6 is 22.7 Å². The maximum Gasteiger partial charge on any atom is 0.314 e. The lowest BCUT2D eigenvalue weighted by Gasteiger charge is -2.19. The lowest BCUT2D eigenvalue weighted by atomic mass is 9.89. The van der Waals surface area contributed by atoms with Crippen molar-refractivity contribution < 1.29 is 19.1 Å². The number of carbonyl (C=O) groups is 2. The Balaban J connectivity index is 1.20. The molecule has 12 heteroatoms. The van der Waals surface area contributed by atoms with E-state index < -0.39 is 0 Å². The molecule has 10 rings (SSSR count). The molecule has 0 amide bonds. The average Bonchev–Trinajstić information content (AvgIpc) is 4.12. The summed E-state index contributed by atoms with van der Waals surface area (Å²) < 4.78 is 13.7. The molecule has 2 saturated carbocycles. The van der Waals surface area contributed by atoms with Gasteiger partial charge < -0.3 is 19.4 Å². The average molecular weight is 853 g/mol. The van der Waals surface area contributed by atoms with Crippen LogP contribution in [0, 0.1) is 34.5 Å². The van der Waals surface area contributed by atoms with Crippen molar-refractivity contribution in [1.29, 1.82) is 10.5 Å². The minimum atomic E-state index is -0.206. The van der Waals surface area contributed by atoms with E-state index in [0.717, 1.165) is 95.8 Å². The summed E-state index contributed by atoms with van der Waals surface area (Å²) in [4.78, 5) is 43.3. The molecule has 0 bridgehead atoms. The third-order valence-corrected chi connectivity index (χ3v) is 14.2. The van der Waals surface area contributed by atoms with Crippen molar-refractivity contribution in [3.63, 3.8) is 0 Å². The number of aromatic amines is 2. The quantitative estimate of drug-likeness (QED) is 0.113. The first-order valence-electron chi connectivity index (χ1n) is 21.1. The third kappa shape index (κ3) is 7.46. The van der Waals surface area contributed by atoms with Crippen LogP contribution in [-0.4, -0.2) is 31.9 Å². The monoisotopic (exact) mass is 852 g/mol. The predicted octanol–water partition coefficient (Wildman–Crippen LogP) is 10.5. The summed E-state index contributed by atoms with van der Waals surface area (Å²) in [5.41, 5.74) is 5.04. The zero-order valence-corrected chi connectivity index (χ0v) is 35.3. The van der Waals surface area contributed by atoms with Gasteiger partial charge in [-0.05, 0) is 110 Å².